The van der Waals surface area contributed by atoms with Crippen LogP contribution in [0.2, 0.25) is 0 Å². The first-order valence-corrected chi connectivity index (χ1v) is 5.11. The fourth-order valence-corrected chi connectivity index (χ4v) is 1.05. The highest BCUT2D eigenvalue weighted by atomic mass is 19.3. The van der Waals surface area contributed by atoms with Gasteiger partial charge in [-0.15, -0.1) is 0 Å². The van der Waals surface area contributed by atoms with E-state index in [1.807, 2.05) is 0 Å². The van der Waals surface area contributed by atoms with Crippen molar-refractivity contribution in [2.45, 2.75) is 51.4 Å². The van der Waals surface area contributed by atoms with Gasteiger partial charge in [-0.3, -0.25) is 0 Å². The SMILES string of the molecule is CC(C)(C)OC(=O)N[C@H]([C@@H](O)C(=O)[O-])C(C)(F)F. The van der Waals surface area contributed by atoms with E-state index in [-0.39, 0.29) is 0 Å². The van der Waals surface area contributed by atoms with Gasteiger partial charge in [0.15, 0.2) is 0 Å². The number of aliphatic hydroxyl groups is 1. The van der Waals surface area contributed by atoms with Crippen LogP contribution in [0.25, 0.3) is 0 Å². The average molecular weight is 268 g/mol. The molecule has 18 heavy (non-hydrogen) atoms. The van der Waals surface area contributed by atoms with Crippen LogP contribution < -0.4 is 10.4 Å². The van der Waals surface area contributed by atoms with E-state index in [0.717, 1.165) is 0 Å². The molecule has 8 heteroatoms. The molecule has 0 aliphatic rings. The summed E-state index contributed by atoms with van der Waals surface area (Å²) in [6.07, 6.45) is -3.80. The zero-order valence-corrected chi connectivity index (χ0v) is 10.5. The monoisotopic (exact) mass is 268 g/mol. The molecule has 1 amide bonds. The van der Waals surface area contributed by atoms with Gasteiger partial charge in [0.25, 0.3) is 5.92 Å². The molecule has 0 unspecified atom stereocenters. The number of carbonyl (C=O) groups excluding carboxylic acids is 2. The summed E-state index contributed by atoms with van der Waals surface area (Å²) in [6.45, 7) is 4.86. The molecule has 0 radical (unpaired) electrons. The van der Waals surface area contributed by atoms with E-state index in [2.05, 4.69) is 4.74 Å². The molecule has 106 valence electrons. The number of ether oxygens (including phenoxy) is 1. The van der Waals surface area contributed by atoms with Crippen LogP contribution in [0.15, 0.2) is 0 Å². The molecule has 0 bridgehead atoms. The molecule has 0 heterocycles. The van der Waals surface area contributed by atoms with Crippen LogP contribution in [0.5, 0.6) is 0 Å². The van der Waals surface area contributed by atoms with Gasteiger partial charge >= 0.3 is 6.09 Å². The number of hydrogen-bond acceptors (Lipinski definition) is 5. The molecule has 0 aromatic carbocycles. The zero-order valence-electron chi connectivity index (χ0n) is 10.5. The van der Waals surface area contributed by atoms with Crippen LogP contribution in [-0.4, -0.2) is 40.8 Å². The first-order valence-electron chi connectivity index (χ1n) is 5.11. The van der Waals surface area contributed by atoms with Crippen molar-refractivity contribution in [2.75, 3.05) is 0 Å². The molecular weight excluding hydrogens is 252 g/mol. The summed E-state index contributed by atoms with van der Waals surface area (Å²) < 4.78 is 30.8. The molecule has 2 atom stereocenters. The quantitative estimate of drug-likeness (QED) is 0.725. The summed E-state index contributed by atoms with van der Waals surface area (Å²) >= 11 is 0. The van der Waals surface area contributed by atoms with Gasteiger partial charge in [0, 0.05) is 6.92 Å². The van der Waals surface area contributed by atoms with E-state index in [0.29, 0.717) is 6.92 Å². The molecule has 0 aliphatic heterocycles. The van der Waals surface area contributed by atoms with E-state index in [9.17, 15) is 23.5 Å². The number of aliphatic hydroxyl groups excluding tert-OH is 1. The topological polar surface area (TPSA) is 98.7 Å². The lowest BCUT2D eigenvalue weighted by atomic mass is 10.1. The maximum Gasteiger partial charge on any atom is 0.408 e. The van der Waals surface area contributed by atoms with Gasteiger partial charge in [-0.2, -0.15) is 0 Å². The number of alkyl carbamates (subject to hydrolysis) is 1. The number of amides is 1. The molecule has 6 nitrogen and oxygen atoms in total. The standard InChI is InChI=1S/C10H17F2NO5/c1-9(2,3)18-8(17)13-6(10(4,11)12)5(14)7(15)16/h5-6,14H,1-4H3,(H,13,17)(H,15,16)/p-1/t5-,6-/m1/s1. The van der Waals surface area contributed by atoms with Gasteiger partial charge in [-0.05, 0) is 20.8 Å². The normalized spacial score (nSPS) is 15.7. The number of rotatable bonds is 4. The fraction of sp³-hybridized carbons (Fsp3) is 0.800. The Bertz CT molecular complexity index is 321. The Balaban J connectivity index is 4.83. The van der Waals surface area contributed by atoms with E-state index in [1.165, 1.54) is 20.8 Å². The largest absolute Gasteiger partial charge is 0.547 e. The van der Waals surface area contributed by atoms with Crippen molar-refractivity contribution in [1.82, 2.24) is 5.32 Å². The van der Waals surface area contributed by atoms with E-state index in [4.69, 9.17) is 5.11 Å². The van der Waals surface area contributed by atoms with Crippen molar-refractivity contribution in [3.8, 4) is 0 Å². The highest BCUT2D eigenvalue weighted by molar-refractivity contribution is 5.74. The Morgan fingerprint density at radius 2 is 1.72 bits per heavy atom. The number of carboxylic acids is 1. The third-order valence-corrected chi connectivity index (χ3v) is 1.78. The van der Waals surface area contributed by atoms with Crippen molar-refractivity contribution < 1.29 is 33.3 Å². The molecule has 0 aliphatic carbocycles. The molecule has 2 N–H and O–H groups in total. The third kappa shape index (κ3) is 5.76. The predicted molar refractivity (Wildman–Crippen MR) is 54.8 cm³/mol. The molecule has 0 fully saturated rings. The highest BCUT2D eigenvalue weighted by Gasteiger charge is 2.42. The average Bonchev–Trinajstić information content (AvgIpc) is 2.08. The van der Waals surface area contributed by atoms with Gasteiger partial charge in [0.2, 0.25) is 0 Å². The smallest absolute Gasteiger partial charge is 0.408 e. The Morgan fingerprint density at radius 3 is 2.00 bits per heavy atom. The predicted octanol–water partition coefficient (Wildman–Crippen LogP) is -0.354. The third-order valence-electron chi connectivity index (χ3n) is 1.78. The second-order valence-corrected chi connectivity index (χ2v) is 4.84. The summed E-state index contributed by atoms with van der Waals surface area (Å²) in [5, 5.41) is 21.0. The van der Waals surface area contributed by atoms with Crippen molar-refractivity contribution in [3.05, 3.63) is 0 Å². The summed E-state index contributed by atoms with van der Waals surface area (Å²) in [6, 6.07) is -2.34. The maximum absolute atomic E-state index is 13.1. The minimum Gasteiger partial charge on any atom is -0.547 e. The Morgan fingerprint density at radius 1 is 1.28 bits per heavy atom. The molecule has 0 saturated carbocycles. The maximum atomic E-state index is 13.1. The zero-order chi connectivity index (χ0) is 14.7. The summed E-state index contributed by atoms with van der Waals surface area (Å²) in [5.41, 5.74) is -0.940. The minimum absolute atomic E-state index is 0.362. The number of carboxylic acid groups (broad SMARTS) is 1. The highest BCUT2D eigenvalue weighted by Crippen LogP contribution is 2.20. The van der Waals surface area contributed by atoms with E-state index in [1.54, 1.807) is 5.32 Å². The van der Waals surface area contributed by atoms with Gasteiger partial charge in [-0.25, -0.2) is 13.6 Å². The van der Waals surface area contributed by atoms with Crippen LogP contribution in [0, 0.1) is 0 Å². The number of alkyl halides is 2. The van der Waals surface area contributed by atoms with Crippen molar-refractivity contribution in [1.29, 1.82) is 0 Å². The fourth-order valence-electron chi connectivity index (χ4n) is 1.05. The van der Waals surface area contributed by atoms with Crippen LogP contribution >= 0.6 is 0 Å². The van der Waals surface area contributed by atoms with E-state index >= 15 is 0 Å². The minimum atomic E-state index is -3.66. The van der Waals surface area contributed by atoms with Crippen LogP contribution in [0.1, 0.15) is 27.7 Å². The molecular formula is C10H16F2NO5-. The second-order valence-electron chi connectivity index (χ2n) is 4.84. The van der Waals surface area contributed by atoms with E-state index < -0.39 is 35.7 Å². The van der Waals surface area contributed by atoms with Gasteiger partial charge in [-0.1, -0.05) is 0 Å². The Labute approximate surface area is 103 Å². The Kier molecular flexibility index (Phi) is 5.03. The number of halogens is 2. The van der Waals surface area contributed by atoms with Crippen molar-refractivity contribution in [2.24, 2.45) is 0 Å². The molecule has 0 spiro atoms. The van der Waals surface area contributed by atoms with Gasteiger partial charge in [0.1, 0.15) is 17.7 Å². The summed E-state index contributed by atoms with van der Waals surface area (Å²) in [5.74, 6) is -5.77. The lowest BCUT2D eigenvalue weighted by Crippen LogP contribution is -2.59. The van der Waals surface area contributed by atoms with Crippen LogP contribution in [-0.2, 0) is 9.53 Å². The van der Waals surface area contributed by atoms with Crippen molar-refractivity contribution in [3.63, 3.8) is 0 Å². The van der Waals surface area contributed by atoms with Gasteiger partial charge in [0.05, 0.1) is 5.97 Å². The summed E-state index contributed by atoms with van der Waals surface area (Å²) in [7, 11) is 0. The second kappa shape index (κ2) is 5.47. The number of nitrogens with one attached hydrogen (secondary N) is 1. The molecule has 0 aromatic rings. The van der Waals surface area contributed by atoms with Crippen molar-refractivity contribution >= 4 is 12.1 Å². The Hall–Kier alpha value is -1.44. The lowest BCUT2D eigenvalue weighted by molar-refractivity contribution is -0.318. The molecule has 0 aromatic heterocycles. The number of hydrogen-bond donors (Lipinski definition) is 2. The lowest BCUT2D eigenvalue weighted by Gasteiger charge is -2.30. The number of carbonyl (C=O) groups is 2. The van der Waals surface area contributed by atoms with Crippen LogP contribution in [0.4, 0.5) is 13.6 Å². The molecule has 0 saturated heterocycles. The molecule has 0 rings (SSSR count). The number of aliphatic carboxylic acids is 1. The summed E-state index contributed by atoms with van der Waals surface area (Å²) in [4.78, 5) is 21.6. The first-order chi connectivity index (χ1) is 7.84. The first kappa shape index (κ1) is 16.6. The van der Waals surface area contributed by atoms with Crippen LogP contribution in [0.3, 0.4) is 0 Å². The van der Waals surface area contributed by atoms with Gasteiger partial charge < -0.3 is 25.1 Å².